The van der Waals surface area contributed by atoms with Crippen molar-refractivity contribution in [3.8, 4) is 0 Å². The van der Waals surface area contributed by atoms with Gasteiger partial charge in [0.15, 0.2) is 5.13 Å². The van der Waals surface area contributed by atoms with Gasteiger partial charge in [-0.25, -0.2) is 14.8 Å². The molecule has 0 aromatic carbocycles. The Morgan fingerprint density at radius 2 is 2.18 bits per heavy atom. The number of carboxylic acids is 1. The average molecular weight is 529 g/mol. The fraction of sp³-hybridized carbons (Fsp3) is 0.278. The van der Waals surface area contributed by atoms with Crippen molar-refractivity contribution in [2.24, 2.45) is 5.18 Å². The third-order valence-electron chi connectivity index (χ3n) is 5.07. The van der Waals surface area contributed by atoms with Crippen molar-refractivity contribution in [2.75, 3.05) is 5.73 Å². The number of β-lactam (4-membered cyclic amide) rings is 1. The number of nitrogen functional groups attached to an aromatic ring is 1. The van der Waals surface area contributed by atoms with E-state index in [9.17, 15) is 24.4 Å². The Hall–Kier alpha value is -2.74. The largest absolute Gasteiger partial charge is 0.477 e. The third-order valence-corrected chi connectivity index (χ3v) is 7.52. The second-order valence-electron chi connectivity index (χ2n) is 7.01. The molecule has 0 radical (unpaired) electrons. The molecule has 0 bridgehead atoms. The van der Waals surface area contributed by atoms with Gasteiger partial charge in [-0.05, 0) is 30.2 Å². The van der Waals surface area contributed by atoms with Crippen LogP contribution in [0.5, 0.6) is 0 Å². The molecule has 2 aromatic rings. The Kier molecular flexibility index (Phi) is 6.56. The number of hydrogen-bond donors (Lipinski definition) is 3. The van der Waals surface area contributed by atoms with E-state index < -0.39 is 35.9 Å². The summed E-state index contributed by atoms with van der Waals surface area (Å²) >= 11 is 13.9. The minimum Gasteiger partial charge on any atom is -0.477 e. The molecule has 4 heterocycles. The third kappa shape index (κ3) is 4.40. The number of amides is 2. The van der Waals surface area contributed by atoms with Crippen molar-refractivity contribution >= 4 is 69.2 Å². The van der Waals surface area contributed by atoms with Crippen molar-refractivity contribution in [1.29, 1.82) is 0 Å². The molecule has 0 aliphatic carbocycles. The number of thioether (sulfide) groups is 1. The van der Waals surface area contributed by atoms with Crippen molar-refractivity contribution < 1.29 is 19.5 Å². The number of aliphatic carboxylic acids is 1. The van der Waals surface area contributed by atoms with Crippen LogP contribution in [0.1, 0.15) is 24.6 Å². The van der Waals surface area contributed by atoms with Gasteiger partial charge in [0.25, 0.3) is 11.8 Å². The molecule has 33 heavy (non-hydrogen) atoms. The van der Waals surface area contributed by atoms with Crippen LogP contribution in [0.15, 0.2) is 39.0 Å². The van der Waals surface area contributed by atoms with Gasteiger partial charge >= 0.3 is 5.97 Å². The van der Waals surface area contributed by atoms with E-state index in [2.05, 4.69) is 20.5 Å². The molecule has 3 atom stereocenters. The van der Waals surface area contributed by atoms with Crippen molar-refractivity contribution in [2.45, 2.75) is 35.9 Å². The summed E-state index contributed by atoms with van der Waals surface area (Å²) in [7, 11) is 0. The maximum Gasteiger partial charge on any atom is 0.353 e. The fourth-order valence-corrected chi connectivity index (χ4v) is 5.97. The molecule has 172 valence electrons. The number of fused-ring (bicyclic) bond motifs is 1. The summed E-state index contributed by atoms with van der Waals surface area (Å²) in [6, 6.07) is 0.0932. The molecule has 4 N–H and O–H groups in total. The van der Waals surface area contributed by atoms with Gasteiger partial charge < -0.3 is 16.2 Å². The summed E-state index contributed by atoms with van der Waals surface area (Å²) in [4.78, 5) is 58.8. The number of nitrogens with zero attached hydrogens (tertiary/aromatic N) is 4. The second kappa shape index (κ2) is 9.25. The highest BCUT2D eigenvalue weighted by molar-refractivity contribution is 8.03. The molecule has 2 aromatic heterocycles. The van der Waals surface area contributed by atoms with Crippen molar-refractivity contribution in [1.82, 2.24) is 20.2 Å². The maximum absolute atomic E-state index is 12.8. The van der Waals surface area contributed by atoms with Crippen LogP contribution in [0.2, 0.25) is 9.49 Å². The number of carbonyl (C=O) groups excluding carboxylic acids is 2. The lowest BCUT2D eigenvalue weighted by Crippen LogP contribution is -2.71. The molecule has 1 fully saturated rings. The number of thiazole rings is 1. The first-order valence-electron chi connectivity index (χ1n) is 9.34. The van der Waals surface area contributed by atoms with Gasteiger partial charge in [0, 0.05) is 16.0 Å². The average Bonchev–Trinajstić information content (AvgIpc) is 3.09. The summed E-state index contributed by atoms with van der Waals surface area (Å²) in [6.45, 7) is 0. The summed E-state index contributed by atoms with van der Waals surface area (Å²) in [6.07, 6.45) is 2.26. The van der Waals surface area contributed by atoms with E-state index in [4.69, 9.17) is 28.9 Å². The fourth-order valence-electron chi connectivity index (χ4n) is 3.67. The number of nitrogens with two attached hydrogens (primary N) is 1. The van der Waals surface area contributed by atoms with Gasteiger partial charge in [0.2, 0.25) is 6.04 Å². The van der Waals surface area contributed by atoms with E-state index in [1.54, 1.807) is 12.1 Å². The highest BCUT2D eigenvalue weighted by Crippen LogP contribution is 2.43. The van der Waals surface area contributed by atoms with Crippen LogP contribution in [-0.4, -0.2) is 49.8 Å². The van der Waals surface area contributed by atoms with E-state index in [1.807, 2.05) is 0 Å². The lowest BCUT2D eigenvalue weighted by Gasteiger charge is -2.50. The lowest BCUT2D eigenvalue weighted by atomic mass is 9.86. The molecule has 2 aliphatic heterocycles. The lowest BCUT2D eigenvalue weighted by molar-refractivity contribution is -0.156. The Morgan fingerprint density at radius 1 is 1.42 bits per heavy atom. The molecule has 2 unspecified atom stereocenters. The van der Waals surface area contributed by atoms with E-state index in [-0.39, 0.29) is 26.0 Å². The van der Waals surface area contributed by atoms with Crippen LogP contribution in [0, 0.1) is 4.91 Å². The summed E-state index contributed by atoms with van der Waals surface area (Å²) in [5, 5.41) is 15.3. The van der Waals surface area contributed by atoms with E-state index in [0.29, 0.717) is 22.6 Å². The first kappa shape index (κ1) is 23.4. The van der Waals surface area contributed by atoms with Crippen LogP contribution in [0.4, 0.5) is 5.13 Å². The van der Waals surface area contributed by atoms with Crippen LogP contribution < -0.4 is 11.1 Å². The number of allylic oxidation sites excluding steroid dienone is 1. The number of carbonyl (C=O) groups is 3. The van der Waals surface area contributed by atoms with Crippen molar-refractivity contribution in [3.05, 3.63) is 49.0 Å². The SMILES string of the molecule is Nc1nc(C(N=O)C(=O)N[C@@H]2C(=O)N3C(C(=O)O)=C(Sc4ccnc(Cl)c4)CCC23)c(Cl)s1. The van der Waals surface area contributed by atoms with Gasteiger partial charge in [0.1, 0.15) is 26.9 Å². The molecule has 2 aliphatic rings. The zero-order valence-electron chi connectivity index (χ0n) is 16.4. The van der Waals surface area contributed by atoms with E-state index >= 15 is 0 Å². The van der Waals surface area contributed by atoms with E-state index in [1.165, 1.54) is 18.0 Å². The van der Waals surface area contributed by atoms with Gasteiger partial charge in [-0.15, -0.1) is 4.91 Å². The molecule has 15 heteroatoms. The number of carboxylic acid groups (broad SMARTS) is 1. The number of pyridine rings is 1. The molecule has 1 saturated heterocycles. The van der Waals surface area contributed by atoms with Crippen LogP contribution in [0.25, 0.3) is 0 Å². The Bertz CT molecular complexity index is 1200. The number of rotatable bonds is 7. The predicted molar refractivity (Wildman–Crippen MR) is 122 cm³/mol. The zero-order valence-corrected chi connectivity index (χ0v) is 19.5. The van der Waals surface area contributed by atoms with Gasteiger partial charge in [-0.2, -0.15) is 0 Å². The minimum atomic E-state index is -1.59. The number of anilines is 1. The monoisotopic (exact) mass is 528 g/mol. The van der Waals surface area contributed by atoms with Gasteiger partial charge in [-0.1, -0.05) is 46.3 Å². The normalized spacial score (nSPS) is 20.7. The highest BCUT2D eigenvalue weighted by atomic mass is 35.5. The molecule has 4 rings (SSSR count). The van der Waals surface area contributed by atoms with Crippen LogP contribution in [-0.2, 0) is 14.4 Å². The Balaban J connectivity index is 1.53. The number of nitrogens with one attached hydrogen (secondary N) is 1. The van der Waals surface area contributed by atoms with Crippen molar-refractivity contribution in [3.63, 3.8) is 0 Å². The first-order chi connectivity index (χ1) is 15.7. The quantitative estimate of drug-likeness (QED) is 0.277. The smallest absolute Gasteiger partial charge is 0.353 e. The zero-order chi connectivity index (χ0) is 23.9. The summed E-state index contributed by atoms with van der Waals surface area (Å²) < 4.78 is 0.0421. The summed E-state index contributed by atoms with van der Waals surface area (Å²) in [5.41, 5.74) is 5.30. The number of hydrogen-bond acceptors (Lipinski definition) is 10. The number of nitroso groups, excluding NO2 is 1. The first-order valence-corrected chi connectivity index (χ1v) is 11.7. The molecule has 11 nitrogen and oxygen atoms in total. The minimum absolute atomic E-state index is 0.0421. The second-order valence-corrected chi connectivity index (χ2v) is 10.2. The Morgan fingerprint density at radius 3 is 2.79 bits per heavy atom. The number of halogens is 2. The van der Waals surface area contributed by atoms with E-state index in [0.717, 1.165) is 16.2 Å². The van der Waals surface area contributed by atoms with Gasteiger partial charge in [-0.3, -0.25) is 14.5 Å². The topological polar surface area (TPSA) is 168 Å². The number of aromatic nitrogens is 2. The predicted octanol–water partition coefficient (Wildman–Crippen LogP) is 2.81. The Labute approximate surface area is 204 Å². The molecule has 0 spiro atoms. The molecular weight excluding hydrogens is 515 g/mol. The molecule has 2 amide bonds. The van der Waals surface area contributed by atoms with Crippen LogP contribution >= 0.6 is 46.3 Å². The highest BCUT2D eigenvalue weighted by Gasteiger charge is 2.54. The summed E-state index contributed by atoms with van der Waals surface area (Å²) in [5.74, 6) is -2.75. The van der Waals surface area contributed by atoms with Gasteiger partial charge in [0.05, 0.1) is 6.04 Å². The molecule has 0 saturated carbocycles. The van der Waals surface area contributed by atoms with Crippen LogP contribution in [0.3, 0.4) is 0 Å². The standard InChI is InChI=1S/C18H14Cl2N6O5S2/c19-9-5-6(3-4-22-9)32-8-2-1-7-10(16(28)26(7)13(8)17(29)30)23-15(27)12(25-31)11-14(20)33-18(21)24-11/h3-5,7,10,12H,1-2H2,(H2,21,24)(H,23,27)(H,29,30)/t7?,10-,12?/m0/s1. The molecular formula is C18H14Cl2N6O5S2. The maximum atomic E-state index is 12.8.